The largest absolute Gasteiger partial charge is 0.378 e. The van der Waals surface area contributed by atoms with Crippen molar-refractivity contribution < 1.29 is 21.4 Å². The molecule has 0 fully saturated rings. The fraction of sp³-hybridized carbons (Fsp3) is 0.0556. The summed E-state index contributed by atoms with van der Waals surface area (Å²) in [4.78, 5) is 22.8. The zero-order valence-electron chi connectivity index (χ0n) is 14.5. The summed E-state index contributed by atoms with van der Waals surface area (Å²) in [6, 6.07) is 1.50. The van der Waals surface area contributed by atoms with E-state index in [0.717, 1.165) is 24.3 Å². The highest BCUT2D eigenvalue weighted by molar-refractivity contribution is 7.88. The van der Waals surface area contributed by atoms with E-state index in [-0.39, 0.29) is 11.2 Å². The number of fused-ring (bicyclic) bond motifs is 1. The number of H-pyrrole nitrogens is 1. The van der Waals surface area contributed by atoms with Crippen LogP contribution < -0.4 is 9.74 Å². The minimum atomic E-state index is -4.47. The number of benzene rings is 1. The van der Waals surface area contributed by atoms with Crippen LogP contribution in [0.2, 0.25) is 5.02 Å². The third-order valence-corrected chi connectivity index (χ3v) is 5.71. The van der Waals surface area contributed by atoms with Gasteiger partial charge in [0.1, 0.15) is 16.9 Å². The quantitative estimate of drug-likeness (QED) is 0.359. The average Bonchev–Trinajstić information content (AvgIpc) is 2.67. The van der Waals surface area contributed by atoms with Gasteiger partial charge in [0.25, 0.3) is 5.56 Å². The monoisotopic (exact) mass is 439 g/mol. The lowest BCUT2D eigenvalue weighted by Gasteiger charge is -2.16. The summed E-state index contributed by atoms with van der Waals surface area (Å²) in [5.74, 6) is -2.75. The van der Waals surface area contributed by atoms with Gasteiger partial charge in [0, 0.05) is 18.0 Å². The van der Waals surface area contributed by atoms with E-state index in [1.807, 2.05) is 0 Å². The maximum absolute atomic E-state index is 14.5. The second kappa shape index (κ2) is 7.72. The number of hydrogen-bond acceptors (Lipinski definition) is 6. The number of nitrogens with zero attached hydrogens (tertiary/aromatic N) is 2. The maximum Gasteiger partial charge on any atom is 0.319 e. The first kappa shape index (κ1) is 20.6. The molecule has 0 radical (unpaired) electrons. The molecule has 0 atom stereocenters. The van der Waals surface area contributed by atoms with Crippen molar-refractivity contribution in [2.45, 2.75) is 5.25 Å². The first-order valence-corrected chi connectivity index (χ1v) is 9.75. The van der Waals surface area contributed by atoms with Gasteiger partial charge in [-0.15, -0.1) is 13.2 Å². The van der Waals surface area contributed by atoms with Gasteiger partial charge in [0.2, 0.25) is 0 Å². The Labute approximate surface area is 168 Å². The van der Waals surface area contributed by atoms with E-state index < -0.39 is 54.5 Å². The van der Waals surface area contributed by atoms with Gasteiger partial charge in [0.15, 0.2) is 16.9 Å². The maximum atomic E-state index is 14.5. The Morgan fingerprint density at radius 3 is 2.38 bits per heavy atom. The summed E-state index contributed by atoms with van der Waals surface area (Å²) < 4.78 is 58.9. The predicted molar refractivity (Wildman–Crippen MR) is 104 cm³/mol. The molecule has 3 aromatic rings. The number of hydrogen-bond donors (Lipinski definition) is 1. The summed E-state index contributed by atoms with van der Waals surface area (Å²) >= 11 is 5.88. The molecule has 29 heavy (non-hydrogen) atoms. The van der Waals surface area contributed by atoms with Gasteiger partial charge >= 0.3 is 10.1 Å². The fourth-order valence-electron chi connectivity index (χ4n) is 2.56. The predicted octanol–water partition coefficient (Wildman–Crippen LogP) is 3.37. The van der Waals surface area contributed by atoms with Crippen molar-refractivity contribution in [3.05, 3.63) is 76.8 Å². The molecule has 0 spiro atoms. The zero-order valence-corrected chi connectivity index (χ0v) is 16.1. The highest BCUT2D eigenvalue weighted by Gasteiger charge is 2.30. The third kappa shape index (κ3) is 3.64. The Bertz CT molecular complexity index is 1300. The Morgan fingerprint density at radius 1 is 1.10 bits per heavy atom. The smallest absolute Gasteiger partial charge is 0.319 e. The number of rotatable bonds is 6. The molecule has 150 valence electrons. The minimum Gasteiger partial charge on any atom is -0.378 e. The fourth-order valence-corrected chi connectivity index (χ4v) is 3.78. The Kier molecular flexibility index (Phi) is 5.49. The first-order chi connectivity index (χ1) is 13.7. The van der Waals surface area contributed by atoms with Gasteiger partial charge < -0.3 is 9.17 Å². The second-order valence-corrected chi connectivity index (χ2v) is 7.72. The number of halogens is 3. The SMILES string of the molecule is C=CC(C=C)S(=O)(=O)Oc1c(-c2c(F)ccc(F)c2Cl)c(=O)[nH]c2nccnc12. The van der Waals surface area contributed by atoms with Crippen molar-refractivity contribution in [2.75, 3.05) is 0 Å². The Hall–Kier alpha value is -3.11. The number of nitrogens with one attached hydrogen (secondary N) is 1. The molecule has 0 bridgehead atoms. The van der Waals surface area contributed by atoms with Crippen LogP contribution in [0, 0.1) is 11.6 Å². The molecule has 11 heteroatoms. The normalized spacial score (nSPS) is 11.6. The molecule has 2 heterocycles. The van der Waals surface area contributed by atoms with E-state index in [1.165, 1.54) is 12.4 Å². The third-order valence-electron chi connectivity index (χ3n) is 3.89. The molecule has 0 aliphatic rings. The highest BCUT2D eigenvalue weighted by Crippen LogP contribution is 2.39. The first-order valence-electron chi connectivity index (χ1n) is 7.90. The summed E-state index contributed by atoms with van der Waals surface area (Å²) in [5.41, 5.74) is -2.69. The van der Waals surface area contributed by atoms with Crippen molar-refractivity contribution in [2.24, 2.45) is 0 Å². The van der Waals surface area contributed by atoms with Crippen LogP contribution in [-0.2, 0) is 10.1 Å². The molecule has 0 saturated heterocycles. The van der Waals surface area contributed by atoms with Crippen LogP contribution in [0.3, 0.4) is 0 Å². The molecule has 1 aromatic carbocycles. The van der Waals surface area contributed by atoms with Crippen LogP contribution >= 0.6 is 11.6 Å². The molecule has 0 amide bonds. The van der Waals surface area contributed by atoms with Crippen molar-refractivity contribution >= 4 is 32.9 Å². The summed E-state index contributed by atoms with van der Waals surface area (Å²) in [7, 11) is -4.47. The topological polar surface area (TPSA) is 102 Å². The molecule has 2 aromatic heterocycles. The number of aromatic nitrogens is 3. The van der Waals surface area contributed by atoms with E-state index >= 15 is 0 Å². The van der Waals surface area contributed by atoms with Crippen molar-refractivity contribution in [3.63, 3.8) is 0 Å². The molecule has 7 nitrogen and oxygen atoms in total. The standard InChI is InChI=1S/C18H12ClF2N3O4S/c1-3-9(4-2)29(26,27)28-16-13(12-10(20)5-6-11(21)14(12)19)18(25)24-17-15(16)22-7-8-23-17/h3-9H,1-2H2,(H,23,24,25). The van der Waals surface area contributed by atoms with Gasteiger partial charge in [-0.25, -0.2) is 18.7 Å². The molecule has 0 aliphatic carbocycles. The van der Waals surface area contributed by atoms with Crippen molar-refractivity contribution in [3.8, 4) is 16.9 Å². The zero-order chi connectivity index (χ0) is 21.3. The molecule has 0 aliphatic heterocycles. The van der Waals surface area contributed by atoms with Crippen LogP contribution in [0.15, 0.2) is 54.6 Å². The van der Waals surface area contributed by atoms with E-state index in [4.69, 9.17) is 15.8 Å². The van der Waals surface area contributed by atoms with Crippen LogP contribution in [0.1, 0.15) is 0 Å². The van der Waals surface area contributed by atoms with Gasteiger partial charge in [0.05, 0.1) is 10.6 Å². The Balaban J connectivity index is 2.44. The molecule has 1 N–H and O–H groups in total. The van der Waals surface area contributed by atoms with E-state index in [1.54, 1.807) is 0 Å². The van der Waals surface area contributed by atoms with E-state index in [9.17, 15) is 22.0 Å². The summed E-state index contributed by atoms with van der Waals surface area (Å²) in [6.07, 6.45) is 4.52. The minimum absolute atomic E-state index is 0.131. The molecule has 3 rings (SSSR count). The second-order valence-electron chi connectivity index (χ2n) is 5.64. The van der Waals surface area contributed by atoms with Gasteiger partial charge in [-0.2, -0.15) is 8.42 Å². The van der Waals surface area contributed by atoms with Crippen LogP contribution in [0.5, 0.6) is 5.75 Å². The summed E-state index contributed by atoms with van der Waals surface area (Å²) in [6.45, 7) is 6.77. The van der Waals surface area contributed by atoms with Crippen LogP contribution in [0.25, 0.3) is 22.3 Å². The van der Waals surface area contributed by atoms with Crippen molar-refractivity contribution in [1.29, 1.82) is 0 Å². The molecule has 0 saturated carbocycles. The summed E-state index contributed by atoms with van der Waals surface area (Å²) in [5, 5.41) is -2.08. The van der Waals surface area contributed by atoms with Gasteiger partial charge in [-0.1, -0.05) is 23.8 Å². The van der Waals surface area contributed by atoms with Gasteiger partial charge in [-0.05, 0) is 12.1 Å². The average molecular weight is 440 g/mol. The van der Waals surface area contributed by atoms with Crippen LogP contribution in [-0.4, -0.2) is 28.6 Å². The molecular formula is C18H12ClF2N3O4S. The van der Waals surface area contributed by atoms with E-state index in [2.05, 4.69) is 28.1 Å². The van der Waals surface area contributed by atoms with Gasteiger partial charge in [-0.3, -0.25) is 4.79 Å². The number of aromatic amines is 1. The lowest BCUT2D eigenvalue weighted by Crippen LogP contribution is -2.24. The van der Waals surface area contributed by atoms with Crippen molar-refractivity contribution in [1.82, 2.24) is 15.0 Å². The Morgan fingerprint density at radius 2 is 1.72 bits per heavy atom. The molecular weight excluding hydrogens is 428 g/mol. The highest BCUT2D eigenvalue weighted by atomic mass is 35.5. The molecule has 0 unspecified atom stereocenters. The lowest BCUT2D eigenvalue weighted by molar-refractivity contribution is 0.486. The lowest BCUT2D eigenvalue weighted by atomic mass is 10.0. The van der Waals surface area contributed by atoms with E-state index in [0.29, 0.717) is 0 Å². The number of pyridine rings is 1. The van der Waals surface area contributed by atoms with Crippen LogP contribution in [0.4, 0.5) is 8.78 Å².